The summed E-state index contributed by atoms with van der Waals surface area (Å²) in [6.45, 7) is 4.28. The number of carboxylic acids is 1. The molecule has 0 saturated carbocycles. The van der Waals surface area contributed by atoms with E-state index in [2.05, 4.69) is 0 Å². The molecule has 3 N–H and O–H groups in total. The summed E-state index contributed by atoms with van der Waals surface area (Å²) in [5.41, 5.74) is 5.36. The van der Waals surface area contributed by atoms with Gasteiger partial charge in [-0.25, -0.2) is 0 Å². The summed E-state index contributed by atoms with van der Waals surface area (Å²) in [7, 11) is 0. The normalized spacial score (nSPS) is 21.8. The van der Waals surface area contributed by atoms with Crippen molar-refractivity contribution in [1.29, 1.82) is 0 Å². The average molecular weight is 274 g/mol. The minimum Gasteiger partial charge on any atom is -0.480 e. The van der Waals surface area contributed by atoms with Gasteiger partial charge in [0, 0.05) is 18.7 Å². The van der Waals surface area contributed by atoms with Crippen LogP contribution in [-0.2, 0) is 14.4 Å². The monoisotopic (exact) mass is 274 g/mol. The van der Waals surface area contributed by atoms with Crippen molar-refractivity contribution >= 4 is 29.5 Å². The zero-order valence-corrected chi connectivity index (χ0v) is 11.3. The van der Waals surface area contributed by atoms with Crippen LogP contribution in [0.1, 0.15) is 20.3 Å². The van der Waals surface area contributed by atoms with E-state index in [4.69, 9.17) is 10.8 Å². The van der Waals surface area contributed by atoms with Crippen LogP contribution in [0.3, 0.4) is 0 Å². The maximum atomic E-state index is 11.9. The molecule has 2 atom stereocenters. The van der Waals surface area contributed by atoms with Crippen molar-refractivity contribution in [3.8, 4) is 0 Å². The highest BCUT2D eigenvalue weighted by atomic mass is 32.2. The van der Waals surface area contributed by atoms with E-state index in [1.807, 2.05) is 13.8 Å². The Hall–Kier alpha value is -1.08. The number of nitrogens with two attached hydrogens (primary N) is 1. The minimum absolute atomic E-state index is 0.133. The minimum atomic E-state index is -1.10. The lowest BCUT2D eigenvalue weighted by Crippen LogP contribution is -2.36. The third kappa shape index (κ3) is 3.71. The largest absolute Gasteiger partial charge is 0.480 e. The standard InChI is InChI=1S/C11H18N2O4S/c1-6(2)4-13-9(14)3-8(10(13)15)18-5-7(12)11(16)17/h6-8H,3-5,12H2,1-2H3,(H,16,17). The Morgan fingerprint density at radius 1 is 1.56 bits per heavy atom. The highest BCUT2D eigenvalue weighted by Gasteiger charge is 2.39. The molecular formula is C11H18N2O4S. The number of thioether (sulfide) groups is 1. The summed E-state index contributed by atoms with van der Waals surface area (Å²) < 4.78 is 0. The van der Waals surface area contributed by atoms with Crippen LogP contribution in [-0.4, -0.2) is 51.4 Å². The van der Waals surface area contributed by atoms with Gasteiger partial charge in [-0.2, -0.15) is 0 Å². The number of aliphatic carboxylic acids is 1. The van der Waals surface area contributed by atoms with Crippen molar-refractivity contribution in [3.63, 3.8) is 0 Å². The maximum Gasteiger partial charge on any atom is 0.321 e. The van der Waals surface area contributed by atoms with Crippen LogP contribution in [0.2, 0.25) is 0 Å². The van der Waals surface area contributed by atoms with Gasteiger partial charge in [0.1, 0.15) is 6.04 Å². The Balaban J connectivity index is 2.52. The highest BCUT2D eigenvalue weighted by Crippen LogP contribution is 2.26. The van der Waals surface area contributed by atoms with Crippen molar-refractivity contribution < 1.29 is 19.5 Å². The lowest BCUT2D eigenvalue weighted by atomic mass is 10.2. The third-order valence-electron chi connectivity index (χ3n) is 2.54. The van der Waals surface area contributed by atoms with Gasteiger partial charge >= 0.3 is 5.97 Å². The molecule has 0 aliphatic carbocycles. The Morgan fingerprint density at radius 3 is 2.67 bits per heavy atom. The molecule has 7 heteroatoms. The fraction of sp³-hybridized carbons (Fsp3) is 0.727. The molecule has 1 aliphatic heterocycles. The molecule has 102 valence electrons. The van der Waals surface area contributed by atoms with E-state index in [0.717, 1.165) is 11.8 Å². The van der Waals surface area contributed by atoms with E-state index < -0.39 is 17.3 Å². The zero-order chi connectivity index (χ0) is 13.9. The Bertz CT molecular complexity index is 359. The fourth-order valence-electron chi connectivity index (χ4n) is 1.63. The molecule has 1 saturated heterocycles. The average Bonchev–Trinajstić information content (AvgIpc) is 2.53. The van der Waals surface area contributed by atoms with Crippen LogP contribution in [0, 0.1) is 5.92 Å². The summed E-state index contributed by atoms with van der Waals surface area (Å²) in [6, 6.07) is -1.00. The zero-order valence-electron chi connectivity index (χ0n) is 10.5. The quantitative estimate of drug-likeness (QED) is 0.657. The van der Waals surface area contributed by atoms with Crippen molar-refractivity contribution in [1.82, 2.24) is 4.90 Å². The van der Waals surface area contributed by atoms with Crippen molar-refractivity contribution in [3.05, 3.63) is 0 Å². The number of amides is 2. The lowest BCUT2D eigenvalue weighted by Gasteiger charge is -2.17. The van der Waals surface area contributed by atoms with E-state index in [1.54, 1.807) is 0 Å². The van der Waals surface area contributed by atoms with Crippen molar-refractivity contribution in [2.24, 2.45) is 11.7 Å². The number of hydrogen-bond acceptors (Lipinski definition) is 5. The van der Waals surface area contributed by atoms with E-state index in [-0.39, 0.29) is 29.9 Å². The molecule has 0 spiro atoms. The molecule has 0 radical (unpaired) electrons. The van der Waals surface area contributed by atoms with Crippen LogP contribution < -0.4 is 5.73 Å². The predicted octanol–water partition coefficient (Wildman–Crippen LogP) is -0.0850. The first-order valence-corrected chi connectivity index (χ1v) is 6.82. The molecule has 0 aromatic heterocycles. The van der Waals surface area contributed by atoms with Crippen LogP contribution in [0.15, 0.2) is 0 Å². The third-order valence-corrected chi connectivity index (χ3v) is 3.87. The first-order chi connectivity index (χ1) is 8.32. The smallest absolute Gasteiger partial charge is 0.321 e. The number of carbonyl (C=O) groups excluding carboxylic acids is 2. The summed E-state index contributed by atoms with van der Waals surface area (Å²) >= 11 is 1.15. The number of rotatable bonds is 6. The maximum absolute atomic E-state index is 11.9. The van der Waals surface area contributed by atoms with Crippen LogP contribution >= 0.6 is 11.8 Å². The SMILES string of the molecule is CC(C)CN1C(=O)CC(SCC(N)C(=O)O)C1=O. The second-order valence-corrected chi connectivity index (χ2v) is 5.94. The molecule has 1 rings (SSSR count). The molecule has 1 fully saturated rings. The molecular weight excluding hydrogens is 256 g/mol. The molecule has 2 amide bonds. The second-order valence-electron chi connectivity index (χ2n) is 4.71. The topological polar surface area (TPSA) is 101 Å². The van der Waals surface area contributed by atoms with Crippen molar-refractivity contribution in [2.45, 2.75) is 31.6 Å². The highest BCUT2D eigenvalue weighted by molar-refractivity contribution is 8.00. The number of nitrogens with zero attached hydrogens (tertiary/aromatic N) is 1. The van der Waals surface area contributed by atoms with E-state index in [0.29, 0.717) is 6.54 Å². The molecule has 18 heavy (non-hydrogen) atoms. The van der Waals surface area contributed by atoms with Crippen LogP contribution in [0.4, 0.5) is 0 Å². The number of imide groups is 1. The van der Waals surface area contributed by atoms with E-state index >= 15 is 0 Å². The van der Waals surface area contributed by atoms with Crippen molar-refractivity contribution in [2.75, 3.05) is 12.3 Å². The van der Waals surface area contributed by atoms with Crippen LogP contribution in [0.5, 0.6) is 0 Å². The van der Waals surface area contributed by atoms with Gasteiger partial charge < -0.3 is 10.8 Å². The number of carboxylic acid groups (broad SMARTS) is 1. The molecule has 0 aromatic rings. The first kappa shape index (κ1) is 15.0. The first-order valence-electron chi connectivity index (χ1n) is 5.77. The van der Waals surface area contributed by atoms with Gasteiger partial charge in [0.15, 0.2) is 0 Å². The van der Waals surface area contributed by atoms with Gasteiger partial charge in [0.2, 0.25) is 11.8 Å². The van der Waals surface area contributed by atoms with Gasteiger partial charge in [-0.05, 0) is 5.92 Å². The van der Waals surface area contributed by atoms with Gasteiger partial charge in [-0.15, -0.1) is 11.8 Å². The lowest BCUT2D eigenvalue weighted by molar-refractivity contribution is -0.139. The van der Waals surface area contributed by atoms with Gasteiger partial charge in [-0.1, -0.05) is 13.8 Å². The van der Waals surface area contributed by atoms with Gasteiger partial charge in [0.25, 0.3) is 0 Å². The molecule has 2 unspecified atom stereocenters. The summed E-state index contributed by atoms with van der Waals surface area (Å²) in [5.74, 6) is -1.15. The molecule has 0 bridgehead atoms. The Labute approximate surface area is 110 Å². The Morgan fingerprint density at radius 2 is 2.17 bits per heavy atom. The summed E-state index contributed by atoms with van der Waals surface area (Å²) in [6.07, 6.45) is 0.141. The van der Waals surface area contributed by atoms with Crippen LogP contribution in [0.25, 0.3) is 0 Å². The fourth-order valence-corrected chi connectivity index (χ4v) is 2.74. The Kier molecular flexibility index (Phi) is 5.15. The van der Waals surface area contributed by atoms with E-state index in [1.165, 1.54) is 4.90 Å². The molecule has 6 nitrogen and oxygen atoms in total. The number of carbonyl (C=O) groups is 3. The van der Waals surface area contributed by atoms with Gasteiger partial charge in [0.05, 0.1) is 5.25 Å². The van der Waals surface area contributed by atoms with E-state index in [9.17, 15) is 14.4 Å². The summed E-state index contributed by atoms with van der Waals surface area (Å²) in [4.78, 5) is 35.4. The van der Waals surface area contributed by atoms with Gasteiger partial charge in [-0.3, -0.25) is 19.3 Å². The molecule has 0 aromatic carbocycles. The second kappa shape index (κ2) is 6.19. The summed E-state index contributed by atoms with van der Waals surface area (Å²) in [5, 5.41) is 8.16. The molecule has 1 heterocycles. The number of hydrogen-bond donors (Lipinski definition) is 2. The molecule has 1 aliphatic rings. The predicted molar refractivity (Wildman–Crippen MR) is 68.0 cm³/mol. The number of likely N-dealkylation sites (tertiary alicyclic amines) is 1.